The molecule has 8 nitrogen and oxygen atoms in total. The van der Waals surface area contributed by atoms with E-state index >= 15 is 0 Å². The lowest BCUT2D eigenvalue weighted by Gasteiger charge is -2.07. The first-order valence-electron chi connectivity index (χ1n) is 9.45. The van der Waals surface area contributed by atoms with E-state index in [1.165, 1.54) is 0 Å². The van der Waals surface area contributed by atoms with Gasteiger partial charge in [-0.3, -0.25) is 9.59 Å². The summed E-state index contributed by atoms with van der Waals surface area (Å²) in [5.41, 5.74) is 8.64. The van der Waals surface area contributed by atoms with Gasteiger partial charge in [0.1, 0.15) is 11.9 Å². The van der Waals surface area contributed by atoms with Crippen LogP contribution in [0.2, 0.25) is 0 Å². The Morgan fingerprint density at radius 3 is 2.40 bits per heavy atom. The zero-order valence-corrected chi connectivity index (χ0v) is 16.4. The molecule has 0 saturated heterocycles. The van der Waals surface area contributed by atoms with Gasteiger partial charge < -0.3 is 31.2 Å². The molecule has 0 unspecified atom stereocenters. The van der Waals surface area contributed by atoms with E-state index in [2.05, 4.69) is 15.3 Å². The molecule has 2 heterocycles. The molecule has 0 aliphatic carbocycles. The monoisotopic (exact) mass is 408 g/mol. The Morgan fingerprint density at radius 1 is 1.07 bits per heavy atom. The highest BCUT2D eigenvalue weighted by molar-refractivity contribution is 5.85. The lowest BCUT2D eigenvalue weighted by molar-refractivity contribution is -0.138. The van der Waals surface area contributed by atoms with E-state index in [1.54, 1.807) is 13.1 Å². The van der Waals surface area contributed by atoms with Crippen molar-refractivity contribution in [2.24, 2.45) is 5.73 Å². The third kappa shape index (κ3) is 4.98. The molecule has 2 aromatic carbocycles. The predicted octanol–water partition coefficient (Wildman–Crippen LogP) is 3.70. The summed E-state index contributed by atoms with van der Waals surface area (Å²) in [6, 6.07) is 16.3. The first-order valence-corrected chi connectivity index (χ1v) is 9.45. The van der Waals surface area contributed by atoms with Crippen LogP contribution in [0, 0.1) is 0 Å². The molecule has 7 N–H and O–H groups in total. The molecule has 4 aromatic rings. The van der Waals surface area contributed by atoms with Gasteiger partial charge in [-0.05, 0) is 30.7 Å². The van der Waals surface area contributed by atoms with Crippen molar-refractivity contribution in [1.82, 2.24) is 9.97 Å². The average molecular weight is 408 g/mol. The van der Waals surface area contributed by atoms with Crippen molar-refractivity contribution in [3.63, 3.8) is 0 Å². The molecule has 156 valence electrons. The molecule has 2 aromatic heterocycles. The van der Waals surface area contributed by atoms with Crippen LogP contribution in [0.5, 0.6) is 0 Å². The number of hydrogen-bond donors (Lipinski definition) is 6. The van der Waals surface area contributed by atoms with Gasteiger partial charge in [0, 0.05) is 34.0 Å². The maximum absolute atomic E-state index is 10.6. The molecule has 0 fully saturated rings. The Bertz CT molecular complexity index is 1130. The molecule has 2 atom stereocenters. The van der Waals surface area contributed by atoms with E-state index in [9.17, 15) is 9.59 Å². The van der Waals surface area contributed by atoms with Gasteiger partial charge in [0.15, 0.2) is 0 Å². The number of nitrogens with one attached hydrogen (secondary N) is 3. The summed E-state index contributed by atoms with van der Waals surface area (Å²) in [6.07, 6.45) is 1.72. The number of anilines is 1. The highest BCUT2D eigenvalue weighted by Crippen LogP contribution is 2.24. The van der Waals surface area contributed by atoms with Gasteiger partial charge in [0.2, 0.25) is 0 Å². The van der Waals surface area contributed by atoms with Gasteiger partial charge in [-0.15, -0.1) is 0 Å². The van der Waals surface area contributed by atoms with Gasteiger partial charge >= 0.3 is 11.9 Å². The summed E-state index contributed by atoms with van der Waals surface area (Å²) >= 11 is 0. The minimum absolute atomic E-state index is 0.0537. The van der Waals surface area contributed by atoms with Crippen molar-refractivity contribution in [3.8, 4) is 0 Å². The number of fused-ring (bicyclic) bond motifs is 2. The van der Waals surface area contributed by atoms with Crippen molar-refractivity contribution >= 4 is 39.6 Å². The Kier molecular flexibility index (Phi) is 6.38. The number of nitrogens with two attached hydrogens (primary N) is 1. The van der Waals surface area contributed by atoms with Crippen LogP contribution in [0.15, 0.2) is 60.8 Å². The summed E-state index contributed by atoms with van der Waals surface area (Å²) < 4.78 is 0. The first kappa shape index (κ1) is 20.9. The van der Waals surface area contributed by atoms with E-state index < -0.39 is 24.0 Å². The number of aromatic nitrogens is 2. The van der Waals surface area contributed by atoms with E-state index in [4.69, 9.17) is 15.9 Å². The summed E-state index contributed by atoms with van der Waals surface area (Å²) in [7, 11) is 0. The second kappa shape index (κ2) is 9.15. The highest BCUT2D eigenvalue weighted by atomic mass is 16.4. The maximum atomic E-state index is 10.6. The molecule has 0 radical (unpaired) electrons. The Hall–Kier alpha value is -3.78. The number of H-pyrrole nitrogens is 2. The minimum atomic E-state index is -0.882. The van der Waals surface area contributed by atoms with Crippen LogP contribution in [0.4, 0.5) is 5.82 Å². The fraction of sp³-hybridized carbons (Fsp3) is 0.182. The molecular formula is C22H24N4O4. The summed E-state index contributed by atoms with van der Waals surface area (Å²) in [4.78, 5) is 27.4. The number of rotatable bonds is 6. The van der Waals surface area contributed by atoms with Gasteiger partial charge in [-0.2, -0.15) is 0 Å². The zero-order chi connectivity index (χ0) is 21.7. The smallest absolute Gasteiger partial charge is 0.325 e. The van der Waals surface area contributed by atoms with E-state index in [0.717, 1.165) is 33.2 Å². The lowest BCUT2D eigenvalue weighted by Crippen LogP contribution is -2.25. The van der Waals surface area contributed by atoms with Crippen LogP contribution in [0.25, 0.3) is 21.8 Å². The van der Waals surface area contributed by atoms with Crippen molar-refractivity contribution in [2.45, 2.75) is 25.4 Å². The van der Waals surface area contributed by atoms with Crippen LogP contribution >= 0.6 is 0 Å². The third-order valence-electron chi connectivity index (χ3n) is 4.69. The predicted molar refractivity (Wildman–Crippen MR) is 116 cm³/mol. The fourth-order valence-electron chi connectivity index (χ4n) is 3.14. The molecule has 0 aliphatic heterocycles. The quantitative estimate of drug-likeness (QED) is 0.287. The van der Waals surface area contributed by atoms with Crippen molar-refractivity contribution < 1.29 is 19.8 Å². The summed E-state index contributed by atoms with van der Waals surface area (Å²) in [5, 5.41) is 22.3. The van der Waals surface area contributed by atoms with Gasteiger partial charge in [0.25, 0.3) is 0 Å². The van der Waals surface area contributed by atoms with Crippen molar-refractivity contribution in [2.75, 3.05) is 5.32 Å². The largest absolute Gasteiger partial charge is 0.481 e. The van der Waals surface area contributed by atoms with E-state index in [1.807, 2.05) is 54.6 Å². The Morgan fingerprint density at radius 2 is 1.73 bits per heavy atom. The second-order valence-electron chi connectivity index (χ2n) is 6.97. The topological polar surface area (TPSA) is 144 Å². The molecule has 0 spiro atoms. The van der Waals surface area contributed by atoms with Crippen molar-refractivity contribution in [1.29, 1.82) is 0 Å². The Balaban J connectivity index is 0.000000171. The number of aromatic amines is 2. The van der Waals surface area contributed by atoms with E-state index in [0.29, 0.717) is 0 Å². The number of benzene rings is 2. The van der Waals surface area contributed by atoms with Gasteiger partial charge in [-0.25, -0.2) is 0 Å². The van der Waals surface area contributed by atoms with Crippen LogP contribution in [-0.4, -0.2) is 38.2 Å². The molecule has 4 rings (SSSR count). The third-order valence-corrected chi connectivity index (χ3v) is 4.69. The number of carbonyl (C=O) groups is 2. The number of para-hydroxylation sites is 2. The summed E-state index contributed by atoms with van der Waals surface area (Å²) in [5.74, 6) is -1.02. The Labute approximate surface area is 172 Å². The molecule has 30 heavy (non-hydrogen) atoms. The standard InChI is InChI=1S/2C11H12N2O2/c1-7(11(14)15)12-10-6-8-4-2-3-5-9(8)13-10;12-9(5-11(14)15)8-6-13-10-4-2-1-3-7(8)10/h2-7,12-13H,1H3,(H,14,15);1-4,6,9,13H,5,12H2,(H,14,15)/t7-;9-/m00/s1. The van der Waals surface area contributed by atoms with Gasteiger partial charge in [-0.1, -0.05) is 36.4 Å². The van der Waals surface area contributed by atoms with Crippen LogP contribution in [0.1, 0.15) is 24.9 Å². The van der Waals surface area contributed by atoms with Gasteiger partial charge in [0.05, 0.1) is 6.42 Å². The average Bonchev–Trinajstić information content (AvgIpc) is 3.31. The molecule has 0 aliphatic rings. The van der Waals surface area contributed by atoms with Crippen molar-refractivity contribution in [3.05, 3.63) is 66.4 Å². The molecule has 8 heteroatoms. The summed E-state index contributed by atoms with van der Waals surface area (Å²) in [6.45, 7) is 1.60. The molecule has 0 bridgehead atoms. The normalized spacial score (nSPS) is 12.7. The lowest BCUT2D eigenvalue weighted by atomic mass is 10.0. The number of carboxylic acids is 2. The molecular weight excluding hydrogens is 384 g/mol. The second-order valence-corrected chi connectivity index (χ2v) is 6.97. The number of hydrogen-bond acceptors (Lipinski definition) is 4. The zero-order valence-electron chi connectivity index (χ0n) is 16.4. The fourth-order valence-corrected chi connectivity index (χ4v) is 3.14. The highest BCUT2D eigenvalue weighted by Gasteiger charge is 2.14. The van der Waals surface area contributed by atoms with E-state index in [-0.39, 0.29) is 6.42 Å². The SMILES string of the molecule is C[C@H](Nc1cc2ccccc2[nH]1)C(=O)O.N[C@@H](CC(=O)O)c1c[nH]c2ccccc12. The van der Waals surface area contributed by atoms with Crippen LogP contribution in [-0.2, 0) is 9.59 Å². The number of carboxylic acid groups (broad SMARTS) is 2. The van der Waals surface area contributed by atoms with Crippen LogP contribution in [0.3, 0.4) is 0 Å². The molecule has 0 saturated carbocycles. The van der Waals surface area contributed by atoms with Crippen LogP contribution < -0.4 is 11.1 Å². The first-order chi connectivity index (χ1) is 14.3. The number of aliphatic carboxylic acids is 2. The molecule has 0 amide bonds. The maximum Gasteiger partial charge on any atom is 0.325 e. The minimum Gasteiger partial charge on any atom is -0.481 e.